The number of fused-ring (bicyclic) bond motifs is 1. The van der Waals surface area contributed by atoms with Crippen molar-refractivity contribution in [2.45, 2.75) is 19.8 Å². The monoisotopic (exact) mass is 276 g/mol. The van der Waals surface area contributed by atoms with E-state index in [0.29, 0.717) is 30.3 Å². The Kier molecular flexibility index (Phi) is 3.32. The number of aliphatic hydroxyl groups is 1. The molecule has 0 bridgehead atoms. The van der Waals surface area contributed by atoms with Crippen molar-refractivity contribution in [3.63, 3.8) is 0 Å². The van der Waals surface area contributed by atoms with Crippen LogP contribution in [-0.2, 0) is 0 Å². The minimum atomic E-state index is 0.340. The van der Waals surface area contributed by atoms with Gasteiger partial charge in [0.05, 0.1) is 5.69 Å². The predicted molar refractivity (Wildman–Crippen MR) is 80.2 cm³/mol. The molecule has 0 amide bonds. The second kappa shape index (κ2) is 4.88. The number of anilines is 2. The summed E-state index contributed by atoms with van der Waals surface area (Å²) < 4.78 is 0. The molecule has 2 fully saturated rings. The first kappa shape index (κ1) is 13.6. The van der Waals surface area contributed by atoms with E-state index >= 15 is 0 Å². The zero-order valence-corrected chi connectivity index (χ0v) is 12.7. The summed E-state index contributed by atoms with van der Waals surface area (Å²) in [5.41, 5.74) is 1.10. The predicted octanol–water partition coefficient (Wildman–Crippen LogP) is 1.34. The van der Waals surface area contributed by atoms with Gasteiger partial charge in [-0.05, 0) is 23.7 Å². The van der Waals surface area contributed by atoms with E-state index in [9.17, 15) is 5.11 Å². The molecular weight excluding hydrogens is 252 g/mol. The van der Waals surface area contributed by atoms with Crippen LogP contribution in [0.5, 0.6) is 0 Å². The second-order valence-corrected chi connectivity index (χ2v) is 6.58. The van der Waals surface area contributed by atoms with Gasteiger partial charge in [-0.1, -0.05) is 13.8 Å². The van der Waals surface area contributed by atoms with Crippen molar-refractivity contribution >= 4 is 11.8 Å². The highest BCUT2D eigenvalue weighted by Crippen LogP contribution is 2.52. The van der Waals surface area contributed by atoms with Crippen molar-refractivity contribution in [3.8, 4) is 0 Å². The molecule has 2 aliphatic rings. The topological polar surface area (TPSA) is 52.5 Å². The van der Waals surface area contributed by atoms with Crippen LogP contribution in [0.25, 0.3) is 0 Å². The molecule has 1 aliphatic heterocycles. The molecule has 3 rings (SSSR count). The van der Waals surface area contributed by atoms with Gasteiger partial charge in [0.1, 0.15) is 5.82 Å². The minimum absolute atomic E-state index is 0.340. The minimum Gasteiger partial charge on any atom is -0.396 e. The summed E-state index contributed by atoms with van der Waals surface area (Å²) in [5.74, 6) is 4.09. The maximum Gasteiger partial charge on any atom is 0.227 e. The van der Waals surface area contributed by atoms with Crippen LogP contribution in [0.3, 0.4) is 0 Å². The van der Waals surface area contributed by atoms with Crippen LogP contribution in [-0.4, -0.2) is 48.9 Å². The SMILES string of the molecule is CC(C)c1cc(N2C[C@@H]3C(CO)[C@@H]3C2)nc(N(C)C)n1. The maximum atomic E-state index is 9.25. The Morgan fingerprint density at radius 1 is 1.30 bits per heavy atom. The zero-order valence-electron chi connectivity index (χ0n) is 12.7. The Morgan fingerprint density at radius 2 is 1.95 bits per heavy atom. The van der Waals surface area contributed by atoms with E-state index < -0.39 is 0 Å². The number of nitrogens with zero attached hydrogens (tertiary/aromatic N) is 4. The van der Waals surface area contributed by atoms with Crippen LogP contribution < -0.4 is 9.80 Å². The first-order valence-electron chi connectivity index (χ1n) is 7.43. The smallest absolute Gasteiger partial charge is 0.227 e. The molecule has 5 heteroatoms. The lowest BCUT2D eigenvalue weighted by Crippen LogP contribution is -2.27. The first-order chi connectivity index (χ1) is 9.51. The van der Waals surface area contributed by atoms with Gasteiger partial charge < -0.3 is 14.9 Å². The highest BCUT2D eigenvalue weighted by molar-refractivity contribution is 5.48. The average Bonchev–Trinajstić information content (AvgIpc) is 2.89. The van der Waals surface area contributed by atoms with E-state index in [1.807, 2.05) is 19.0 Å². The van der Waals surface area contributed by atoms with E-state index in [1.165, 1.54) is 0 Å². The third kappa shape index (κ3) is 2.24. The van der Waals surface area contributed by atoms with Crippen molar-refractivity contribution in [2.75, 3.05) is 43.6 Å². The van der Waals surface area contributed by atoms with Crippen molar-refractivity contribution in [2.24, 2.45) is 17.8 Å². The van der Waals surface area contributed by atoms with Crippen LogP contribution in [0.15, 0.2) is 6.07 Å². The lowest BCUT2D eigenvalue weighted by molar-refractivity contribution is 0.260. The standard InChI is InChI=1S/C15H24N4O/c1-9(2)13-5-14(17-15(16-13)18(3)4)19-6-10-11(7-19)12(10)8-20/h5,9-12,20H,6-8H2,1-4H3/t10-,11+,12?. The number of aromatic nitrogens is 2. The molecule has 1 aromatic rings. The van der Waals surface area contributed by atoms with Gasteiger partial charge in [0.2, 0.25) is 5.95 Å². The summed E-state index contributed by atoms with van der Waals surface area (Å²) in [7, 11) is 3.96. The molecule has 5 nitrogen and oxygen atoms in total. The molecule has 1 saturated heterocycles. The third-order valence-corrected chi connectivity index (χ3v) is 4.62. The Bertz CT molecular complexity index is 464. The van der Waals surface area contributed by atoms with Gasteiger partial charge in [0, 0.05) is 39.9 Å². The molecule has 1 saturated carbocycles. The van der Waals surface area contributed by atoms with Crippen LogP contribution >= 0.6 is 0 Å². The van der Waals surface area contributed by atoms with Crippen molar-refractivity contribution in [1.29, 1.82) is 0 Å². The Labute approximate surface area is 120 Å². The van der Waals surface area contributed by atoms with Crippen LogP contribution in [0.2, 0.25) is 0 Å². The summed E-state index contributed by atoms with van der Waals surface area (Å²) in [4.78, 5) is 13.6. The lowest BCUT2D eigenvalue weighted by atomic mass is 10.1. The molecule has 3 atom stereocenters. The number of aliphatic hydroxyl groups excluding tert-OH is 1. The highest BCUT2D eigenvalue weighted by atomic mass is 16.3. The number of hydrogen-bond acceptors (Lipinski definition) is 5. The van der Waals surface area contributed by atoms with E-state index in [-0.39, 0.29) is 0 Å². The quantitative estimate of drug-likeness (QED) is 0.899. The number of rotatable bonds is 4. The maximum absolute atomic E-state index is 9.25. The fourth-order valence-electron chi connectivity index (χ4n) is 3.20. The molecule has 0 aromatic carbocycles. The molecule has 1 unspecified atom stereocenters. The largest absolute Gasteiger partial charge is 0.396 e. The highest BCUT2D eigenvalue weighted by Gasteiger charge is 2.55. The average molecular weight is 276 g/mol. The van der Waals surface area contributed by atoms with Gasteiger partial charge in [-0.25, -0.2) is 4.98 Å². The van der Waals surface area contributed by atoms with Gasteiger partial charge in [-0.2, -0.15) is 4.98 Å². The van der Waals surface area contributed by atoms with Crippen molar-refractivity contribution < 1.29 is 5.11 Å². The van der Waals surface area contributed by atoms with E-state index in [2.05, 4.69) is 34.8 Å². The molecule has 1 aliphatic carbocycles. The van der Waals surface area contributed by atoms with Gasteiger partial charge in [-0.3, -0.25) is 0 Å². The Hall–Kier alpha value is -1.36. The Morgan fingerprint density at radius 3 is 2.45 bits per heavy atom. The molecular formula is C15H24N4O. The second-order valence-electron chi connectivity index (χ2n) is 6.58. The molecule has 1 aromatic heterocycles. The van der Waals surface area contributed by atoms with Gasteiger partial charge >= 0.3 is 0 Å². The van der Waals surface area contributed by atoms with E-state index in [0.717, 1.165) is 30.5 Å². The van der Waals surface area contributed by atoms with Crippen molar-refractivity contribution in [1.82, 2.24) is 9.97 Å². The zero-order chi connectivity index (χ0) is 14.4. The third-order valence-electron chi connectivity index (χ3n) is 4.62. The molecule has 110 valence electrons. The lowest BCUT2D eigenvalue weighted by Gasteiger charge is -2.23. The fraction of sp³-hybridized carbons (Fsp3) is 0.733. The molecule has 0 radical (unpaired) electrons. The van der Waals surface area contributed by atoms with Crippen LogP contribution in [0.1, 0.15) is 25.5 Å². The molecule has 1 N–H and O–H groups in total. The first-order valence-corrected chi connectivity index (χ1v) is 7.43. The summed E-state index contributed by atoms with van der Waals surface area (Å²) in [5, 5.41) is 9.25. The van der Waals surface area contributed by atoms with E-state index in [4.69, 9.17) is 0 Å². The van der Waals surface area contributed by atoms with Gasteiger partial charge in [-0.15, -0.1) is 0 Å². The fourth-order valence-corrected chi connectivity index (χ4v) is 3.20. The summed E-state index contributed by atoms with van der Waals surface area (Å²) in [6, 6.07) is 2.12. The molecule has 0 spiro atoms. The molecule has 2 heterocycles. The van der Waals surface area contributed by atoms with Gasteiger partial charge in [0.15, 0.2) is 0 Å². The van der Waals surface area contributed by atoms with Crippen molar-refractivity contribution in [3.05, 3.63) is 11.8 Å². The van der Waals surface area contributed by atoms with Gasteiger partial charge in [0.25, 0.3) is 0 Å². The number of hydrogen-bond donors (Lipinski definition) is 1. The summed E-state index contributed by atoms with van der Waals surface area (Å²) in [6.45, 7) is 6.71. The Balaban J connectivity index is 1.83. The summed E-state index contributed by atoms with van der Waals surface area (Å²) >= 11 is 0. The van der Waals surface area contributed by atoms with Crippen LogP contribution in [0, 0.1) is 17.8 Å². The summed E-state index contributed by atoms with van der Waals surface area (Å²) in [6.07, 6.45) is 0. The van der Waals surface area contributed by atoms with E-state index in [1.54, 1.807) is 0 Å². The number of piperidine rings is 1. The molecule has 20 heavy (non-hydrogen) atoms. The van der Waals surface area contributed by atoms with Crippen LogP contribution in [0.4, 0.5) is 11.8 Å². The normalized spacial score (nSPS) is 27.9.